The summed E-state index contributed by atoms with van der Waals surface area (Å²) in [5, 5.41) is 2.50. The van der Waals surface area contributed by atoms with Gasteiger partial charge in [-0.25, -0.2) is 0 Å². The lowest BCUT2D eigenvalue weighted by molar-refractivity contribution is -0.0768. The maximum atomic E-state index is 6.08. The molecule has 1 atom stereocenters. The Kier molecular flexibility index (Phi) is 10.7. The Morgan fingerprint density at radius 1 is 0.900 bits per heavy atom. The van der Waals surface area contributed by atoms with Crippen molar-refractivity contribution in [2.24, 2.45) is 0 Å². The van der Waals surface area contributed by atoms with Gasteiger partial charge in [-0.1, -0.05) is 19.8 Å². The Labute approximate surface area is 125 Å². The van der Waals surface area contributed by atoms with E-state index >= 15 is 0 Å². The van der Waals surface area contributed by atoms with Gasteiger partial charge >= 0.3 is 8.80 Å². The number of hydrogen-bond donors (Lipinski definition) is 1. The second-order valence-electron chi connectivity index (χ2n) is 4.69. The largest absolute Gasteiger partial charge is 0.550 e. The van der Waals surface area contributed by atoms with Gasteiger partial charge in [-0.05, 0) is 41.2 Å². The van der Waals surface area contributed by atoms with E-state index in [1.165, 1.54) is 6.42 Å². The van der Waals surface area contributed by atoms with Crippen LogP contribution in [0.1, 0.15) is 53.9 Å². The maximum Gasteiger partial charge on any atom is 0.550 e. The molecule has 122 valence electrons. The first-order valence-electron chi connectivity index (χ1n) is 7.80. The van der Waals surface area contributed by atoms with Crippen LogP contribution in [0, 0.1) is 0 Å². The number of hydrogen-bond acceptors (Lipinski definition) is 5. The summed E-state index contributed by atoms with van der Waals surface area (Å²) in [5.74, 6) is 0. The smallest absolute Gasteiger partial charge is 0.371 e. The minimum Gasteiger partial charge on any atom is -0.371 e. The molecule has 0 saturated carbocycles. The van der Waals surface area contributed by atoms with Crippen molar-refractivity contribution >= 4 is 8.80 Å². The molecule has 5 nitrogen and oxygen atoms in total. The highest BCUT2D eigenvalue weighted by Crippen LogP contribution is 2.26. The molecule has 0 heterocycles. The fraction of sp³-hybridized carbons (Fsp3) is 1.00. The zero-order chi connectivity index (χ0) is 15.5. The third-order valence-electron chi connectivity index (χ3n) is 3.20. The Morgan fingerprint density at radius 2 is 1.40 bits per heavy atom. The van der Waals surface area contributed by atoms with Crippen molar-refractivity contribution in [3.63, 3.8) is 0 Å². The van der Waals surface area contributed by atoms with Crippen LogP contribution in [0.3, 0.4) is 0 Å². The molecule has 0 rings (SSSR count). The second kappa shape index (κ2) is 10.7. The molecule has 1 unspecified atom stereocenters. The quantitative estimate of drug-likeness (QED) is 0.322. The lowest BCUT2D eigenvalue weighted by Crippen LogP contribution is -2.70. The van der Waals surface area contributed by atoms with E-state index in [9.17, 15) is 0 Å². The molecule has 1 N–H and O–H groups in total. The van der Waals surface area contributed by atoms with Crippen LogP contribution in [0.5, 0.6) is 0 Å². The molecular weight excluding hydrogens is 274 g/mol. The molecule has 0 spiro atoms. The molecule has 0 aliphatic rings. The van der Waals surface area contributed by atoms with Crippen molar-refractivity contribution in [1.29, 1.82) is 0 Å². The predicted molar refractivity (Wildman–Crippen MR) is 83.6 cm³/mol. The van der Waals surface area contributed by atoms with Crippen LogP contribution in [0.2, 0.25) is 0 Å². The van der Waals surface area contributed by atoms with Gasteiger partial charge in [-0.3, -0.25) is 5.32 Å². The van der Waals surface area contributed by atoms with Gasteiger partial charge in [-0.2, -0.15) is 0 Å². The molecule has 0 aliphatic heterocycles. The zero-order valence-corrected chi connectivity index (χ0v) is 15.1. The lowest BCUT2D eigenvalue weighted by Gasteiger charge is -2.42. The van der Waals surface area contributed by atoms with E-state index in [0.717, 1.165) is 12.8 Å². The summed E-state index contributed by atoms with van der Waals surface area (Å²) in [4.78, 5) is 0. The number of rotatable bonds is 13. The summed E-state index contributed by atoms with van der Waals surface area (Å²) in [6.45, 7) is 12.3. The standard InChI is InChI=1S/C14H33NO4Si/c1-7-11-12-13-16-14(5,15-6)20(17-8-2,18-9-3)19-10-4/h15H,7-13H2,1-6H3. The number of ether oxygens (including phenoxy) is 1. The van der Waals surface area contributed by atoms with E-state index in [0.29, 0.717) is 26.4 Å². The summed E-state index contributed by atoms with van der Waals surface area (Å²) < 4.78 is 23.9. The van der Waals surface area contributed by atoms with Crippen LogP contribution in [0.15, 0.2) is 0 Å². The number of unbranched alkanes of at least 4 members (excludes halogenated alkanes) is 2. The third-order valence-corrected chi connectivity index (χ3v) is 6.77. The minimum absolute atomic E-state index is 0.543. The van der Waals surface area contributed by atoms with Gasteiger partial charge in [0.15, 0.2) is 5.35 Å². The van der Waals surface area contributed by atoms with Gasteiger partial charge in [0.05, 0.1) is 0 Å². The Balaban J connectivity index is 4.99. The van der Waals surface area contributed by atoms with E-state index in [2.05, 4.69) is 12.2 Å². The van der Waals surface area contributed by atoms with Crippen LogP contribution in [0.25, 0.3) is 0 Å². The highest BCUT2D eigenvalue weighted by atomic mass is 28.4. The molecule has 0 aromatic heterocycles. The van der Waals surface area contributed by atoms with Gasteiger partial charge < -0.3 is 18.0 Å². The van der Waals surface area contributed by atoms with Crippen LogP contribution in [-0.4, -0.2) is 47.6 Å². The maximum absolute atomic E-state index is 6.08. The van der Waals surface area contributed by atoms with Crippen molar-refractivity contribution in [3.05, 3.63) is 0 Å². The topological polar surface area (TPSA) is 49.0 Å². The molecule has 0 aromatic carbocycles. The first-order valence-corrected chi connectivity index (χ1v) is 9.52. The minimum atomic E-state index is -2.94. The van der Waals surface area contributed by atoms with Gasteiger partial charge in [0, 0.05) is 26.4 Å². The van der Waals surface area contributed by atoms with Crippen molar-refractivity contribution < 1.29 is 18.0 Å². The van der Waals surface area contributed by atoms with Crippen LogP contribution < -0.4 is 5.32 Å². The molecule has 0 bridgehead atoms. The Bertz CT molecular complexity index is 226. The van der Waals surface area contributed by atoms with Gasteiger partial charge in [0.2, 0.25) is 0 Å². The summed E-state index contributed by atoms with van der Waals surface area (Å²) in [6, 6.07) is 0. The average Bonchev–Trinajstić information content (AvgIpc) is 2.44. The Hall–Kier alpha value is 0.0169. The lowest BCUT2D eigenvalue weighted by atomic mass is 10.3. The molecule has 6 heteroatoms. The van der Waals surface area contributed by atoms with E-state index < -0.39 is 14.2 Å². The van der Waals surface area contributed by atoms with Crippen molar-refractivity contribution in [2.75, 3.05) is 33.5 Å². The molecule has 0 aromatic rings. The normalized spacial score (nSPS) is 15.3. The van der Waals surface area contributed by atoms with Crippen molar-refractivity contribution in [2.45, 2.75) is 59.2 Å². The zero-order valence-electron chi connectivity index (χ0n) is 14.1. The first kappa shape index (κ1) is 20.0. The van der Waals surface area contributed by atoms with Crippen LogP contribution in [-0.2, 0) is 18.0 Å². The van der Waals surface area contributed by atoms with E-state index in [-0.39, 0.29) is 0 Å². The van der Waals surface area contributed by atoms with Crippen LogP contribution >= 0.6 is 0 Å². The molecule has 20 heavy (non-hydrogen) atoms. The average molecular weight is 308 g/mol. The predicted octanol–water partition coefficient (Wildman–Crippen LogP) is 2.72. The van der Waals surface area contributed by atoms with E-state index in [1.807, 2.05) is 34.7 Å². The third kappa shape index (κ3) is 5.42. The summed E-state index contributed by atoms with van der Waals surface area (Å²) in [7, 11) is -1.08. The second-order valence-corrected chi connectivity index (χ2v) is 7.63. The summed E-state index contributed by atoms with van der Waals surface area (Å²) in [5.41, 5.74) is 0. The summed E-state index contributed by atoms with van der Waals surface area (Å²) in [6.07, 6.45) is 3.36. The fourth-order valence-electron chi connectivity index (χ4n) is 2.05. The molecule has 0 amide bonds. The summed E-state index contributed by atoms with van der Waals surface area (Å²) >= 11 is 0. The van der Waals surface area contributed by atoms with E-state index in [1.54, 1.807) is 0 Å². The van der Waals surface area contributed by atoms with Gasteiger partial charge in [0.25, 0.3) is 0 Å². The van der Waals surface area contributed by atoms with E-state index in [4.69, 9.17) is 18.0 Å². The Morgan fingerprint density at radius 3 is 1.75 bits per heavy atom. The van der Waals surface area contributed by atoms with Gasteiger partial charge in [0.1, 0.15) is 0 Å². The first-order chi connectivity index (χ1) is 9.55. The SMILES string of the molecule is CCCCCOC(C)(NC)[Si](OCC)(OCC)OCC. The molecule has 0 aliphatic carbocycles. The van der Waals surface area contributed by atoms with Crippen molar-refractivity contribution in [1.82, 2.24) is 5.32 Å². The molecule has 0 saturated heterocycles. The fourth-order valence-corrected chi connectivity index (χ4v) is 4.85. The molecule has 0 fully saturated rings. The monoisotopic (exact) mass is 307 g/mol. The molecular formula is C14H33NO4Si. The number of nitrogens with one attached hydrogen (secondary N) is 1. The highest BCUT2D eigenvalue weighted by Gasteiger charge is 2.59. The highest BCUT2D eigenvalue weighted by molar-refractivity contribution is 6.63. The van der Waals surface area contributed by atoms with Gasteiger partial charge in [-0.15, -0.1) is 0 Å². The molecule has 0 radical (unpaired) electrons. The van der Waals surface area contributed by atoms with Crippen molar-refractivity contribution in [3.8, 4) is 0 Å². The van der Waals surface area contributed by atoms with Crippen LogP contribution in [0.4, 0.5) is 0 Å².